The van der Waals surface area contributed by atoms with E-state index in [0.717, 1.165) is 16.4 Å². The maximum Gasteiger partial charge on any atom is 0.227 e. The monoisotopic (exact) mass is 203 g/mol. The quantitative estimate of drug-likeness (QED) is 0.558. The van der Waals surface area contributed by atoms with Gasteiger partial charge in [-0.2, -0.15) is 0 Å². The summed E-state index contributed by atoms with van der Waals surface area (Å²) < 4.78 is 5.54. The first kappa shape index (κ1) is 7.83. The van der Waals surface area contributed by atoms with Crippen molar-refractivity contribution in [1.29, 1.82) is 0 Å². The molecular weight excluding hydrogens is 198 g/mol. The number of halogens is 1. The normalized spacial score (nSPS) is 11.2. The van der Waals surface area contributed by atoms with E-state index < -0.39 is 0 Å². The molecule has 2 heterocycles. The standard InChI is InChI=1S/C11H6ClNO/c12-7-3-4-8-9-2-1-5-13-11(9)14-10(8)6-7/h1-6H. The zero-order chi connectivity index (χ0) is 9.54. The highest BCUT2D eigenvalue weighted by Gasteiger charge is 2.06. The van der Waals surface area contributed by atoms with Gasteiger partial charge in [-0.05, 0) is 24.3 Å². The van der Waals surface area contributed by atoms with Crippen molar-refractivity contribution in [3.05, 3.63) is 41.6 Å². The summed E-state index contributed by atoms with van der Waals surface area (Å²) in [5.74, 6) is 0. The number of fused-ring (bicyclic) bond motifs is 3. The lowest BCUT2D eigenvalue weighted by Gasteiger charge is -1.88. The van der Waals surface area contributed by atoms with Gasteiger partial charge in [0.1, 0.15) is 5.58 Å². The number of hydrogen-bond donors (Lipinski definition) is 0. The summed E-state index contributed by atoms with van der Waals surface area (Å²) in [5, 5.41) is 2.76. The molecule has 3 heteroatoms. The summed E-state index contributed by atoms with van der Waals surface area (Å²) in [6.07, 6.45) is 1.71. The molecule has 3 rings (SSSR count). The first-order valence-electron chi connectivity index (χ1n) is 4.27. The average Bonchev–Trinajstić information content (AvgIpc) is 2.54. The molecule has 0 spiro atoms. The lowest BCUT2D eigenvalue weighted by atomic mass is 10.2. The Kier molecular flexibility index (Phi) is 1.52. The molecule has 68 valence electrons. The fourth-order valence-electron chi connectivity index (χ4n) is 1.58. The van der Waals surface area contributed by atoms with Gasteiger partial charge in [0.25, 0.3) is 0 Å². The molecule has 0 amide bonds. The number of pyridine rings is 1. The van der Waals surface area contributed by atoms with E-state index in [9.17, 15) is 0 Å². The Bertz CT molecular complexity index is 615. The van der Waals surface area contributed by atoms with Gasteiger partial charge in [-0.1, -0.05) is 11.6 Å². The molecule has 2 nitrogen and oxygen atoms in total. The Labute approximate surface area is 85.1 Å². The van der Waals surface area contributed by atoms with Crippen molar-refractivity contribution in [2.24, 2.45) is 0 Å². The van der Waals surface area contributed by atoms with Crippen molar-refractivity contribution in [1.82, 2.24) is 4.98 Å². The van der Waals surface area contributed by atoms with E-state index in [2.05, 4.69) is 4.98 Å². The van der Waals surface area contributed by atoms with Gasteiger partial charge >= 0.3 is 0 Å². The van der Waals surface area contributed by atoms with Crippen molar-refractivity contribution in [3.63, 3.8) is 0 Å². The van der Waals surface area contributed by atoms with Crippen LogP contribution in [0.15, 0.2) is 40.9 Å². The van der Waals surface area contributed by atoms with E-state index >= 15 is 0 Å². The maximum absolute atomic E-state index is 5.87. The van der Waals surface area contributed by atoms with E-state index in [4.69, 9.17) is 16.0 Å². The summed E-state index contributed by atoms with van der Waals surface area (Å²) in [6.45, 7) is 0. The fourth-order valence-corrected chi connectivity index (χ4v) is 1.75. The molecule has 14 heavy (non-hydrogen) atoms. The van der Waals surface area contributed by atoms with Crippen molar-refractivity contribution < 1.29 is 4.42 Å². The van der Waals surface area contributed by atoms with Gasteiger partial charge < -0.3 is 4.42 Å². The molecule has 0 atom stereocenters. The van der Waals surface area contributed by atoms with Gasteiger partial charge in [-0.25, -0.2) is 4.98 Å². The molecule has 0 unspecified atom stereocenters. The molecule has 3 aromatic rings. The van der Waals surface area contributed by atoms with Crippen LogP contribution in [0.3, 0.4) is 0 Å². The topological polar surface area (TPSA) is 26.0 Å². The molecule has 0 saturated carbocycles. The number of aromatic nitrogens is 1. The third-order valence-corrected chi connectivity index (χ3v) is 2.45. The molecule has 1 aromatic carbocycles. The zero-order valence-corrected chi connectivity index (χ0v) is 7.95. The molecule has 0 fully saturated rings. The van der Waals surface area contributed by atoms with Crippen LogP contribution < -0.4 is 0 Å². The zero-order valence-electron chi connectivity index (χ0n) is 7.20. The molecular formula is C11H6ClNO. The Morgan fingerprint density at radius 3 is 3.00 bits per heavy atom. The highest BCUT2D eigenvalue weighted by Crippen LogP contribution is 2.28. The third-order valence-electron chi connectivity index (χ3n) is 2.21. The van der Waals surface area contributed by atoms with Gasteiger partial charge in [0, 0.05) is 28.1 Å². The number of benzene rings is 1. The molecule has 0 saturated heterocycles. The van der Waals surface area contributed by atoms with Gasteiger partial charge in [-0.15, -0.1) is 0 Å². The molecule has 0 aliphatic rings. The lowest BCUT2D eigenvalue weighted by Crippen LogP contribution is -1.68. The Balaban J connectivity index is 2.57. The van der Waals surface area contributed by atoms with Gasteiger partial charge in [-0.3, -0.25) is 0 Å². The van der Waals surface area contributed by atoms with E-state index in [1.807, 2.05) is 24.3 Å². The number of nitrogens with zero attached hydrogens (tertiary/aromatic N) is 1. The first-order valence-corrected chi connectivity index (χ1v) is 4.65. The predicted octanol–water partition coefficient (Wildman–Crippen LogP) is 3.63. The summed E-state index contributed by atoms with van der Waals surface area (Å²) in [5.41, 5.74) is 1.44. The number of rotatable bonds is 0. The molecule has 0 bridgehead atoms. The smallest absolute Gasteiger partial charge is 0.227 e. The van der Waals surface area contributed by atoms with Crippen molar-refractivity contribution >= 4 is 33.7 Å². The summed E-state index contributed by atoms with van der Waals surface area (Å²) in [7, 11) is 0. The highest BCUT2D eigenvalue weighted by atomic mass is 35.5. The van der Waals surface area contributed by atoms with Gasteiger partial charge in [0.15, 0.2) is 0 Å². The van der Waals surface area contributed by atoms with Crippen LogP contribution in [0, 0.1) is 0 Å². The van der Waals surface area contributed by atoms with Crippen LogP contribution in [0.25, 0.3) is 22.1 Å². The van der Waals surface area contributed by atoms with Gasteiger partial charge in [0.05, 0.1) is 0 Å². The molecule has 0 radical (unpaired) electrons. The van der Waals surface area contributed by atoms with E-state index in [1.54, 1.807) is 12.3 Å². The van der Waals surface area contributed by atoms with Crippen molar-refractivity contribution in [2.75, 3.05) is 0 Å². The average molecular weight is 204 g/mol. The molecule has 2 aromatic heterocycles. The van der Waals surface area contributed by atoms with Crippen LogP contribution in [-0.4, -0.2) is 4.98 Å². The van der Waals surface area contributed by atoms with Crippen LogP contribution in [0.5, 0.6) is 0 Å². The van der Waals surface area contributed by atoms with Crippen LogP contribution in [-0.2, 0) is 0 Å². The Hall–Kier alpha value is -1.54. The van der Waals surface area contributed by atoms with E-state index in [0.29, 0.717) is 10.7 Å². The van der Waals surface area contributed by atoms with Crippen molar-refractivity contribution in [3.8, 4) is 0 Å². The predicted molar refractivity (Wildman–Crippen MR) is 56.5 cm³/mol. The fraction of sp³-hybridized carbons (Fsp3) is 0. The van der Waals surface area contributed by atoms with Crippen molar-refractivity contribution in [2.45, 2.75) is 0 Å². The van der Waals surface area contributed by atoms with E-state index in [1.165, 1.54) is 0 Å². The first-order chi connectivity index (χ1) is 6.84. The minimum atomic E-state index is 0.657. The minimum absolute atomic E-state index is 0.657. The second kappa shape index (κ2) is 2.72. The SMILES string of the molecule is Clc1ccc2c(c1)oc1ncccc12. The molecule has 0 aliphatic heterocycles. The minimum Gasteiger partial charge on any atom is -0.438 e. The van der Waals surface area contributed by atoms with Crippen LogP contribution >= 0.6 is 11.6 Å². The number of hydrogen-bond acceptors (Lipinski definition) is 2. The van der Waals surface area contributed by atoms with Crippen LogP contribution in [0.4, 0.5) is 0 Å². The second-order valence-corrected chi connectivity index (χ2v) is 3.54. The number of furan rings is 1. The van der Waals surface area contributed by atoms with Crippen LogP contribution in [0.2, 0.25) is 5.02 Å². The summed E-state index contributed by atoms with van der Waals surface area (Å²) in [4.78, 5) is 4.14. The largest absolute Gasteiger partial charge is 0.438 e. The molecule has 0 N–H and O–H groups in total. The Morgan fingerprint density at radius 1 is 1.14 bits per heavy atom. The van der Waals surface area contributed by atoms with Crippen LogP contribution in [0.1, 0.15) is 0 Å². The molecule has 0 aliphatic carbocycles. The third kappa shape index (κ3) is 1.01. The van der Waals surface area contributed by atoms with E-state index in [-0.39, 0.29) is 0 Å². The summed E-state index contributed by atoms with van der Waals surface area (Å²) in [6, 6.07) is 9.49. The second-order valence-electron chi connectivity index (χ2n) is 3.10. The van der Waals surface area contributed by atoms with Gasteiger partial charge in [0.2, 0.25) is 5.71 Å². The summed E-state index contributed by atoms with van der Waals surface area (Å²) >= 11 is 5.87. The maximum atomic E-state index is 5.87. The lowest BCUT2D eigenvalue weighted by molar-refractivity contribution is 0.654. The highest BCUT2D eigenvalue weighted by molar-refractivity contribution is 6.31. The Morgan fingerprint density at radius 2 is 2.07 bits per heavy atom.